The summed E-state index contributed by atoms with van der Waals surface area (Å²) < 4.78 is 0. The minimum absolute atomic E-state index is 0.424. The fraction of sp³-hybridized carbons (Fsp3) is 0.909. The van der Waals surface area contributed by atoms with E-state index in [-0.39, 0.29) is 0 Å². The van der Waals surface area contributed by atoms with Gasteiger partial charge in [0.05, 0.1) is 6.54 Å². The highest BCUT2D eigenvalue weighted by atomic mass is 32.2. The van der Waals surface area contributed by atoms with Crippen LogP contribution < -0.4 is 11.1 Å². The van der Waals surface area contributed by atoms with E-state index in [9.17, 15) is 0 Å². The van der Waals surface area contributed by atoms with Crippen molar-refractivity contribution >= 4 is 17.7 Å². The van der Waals surface area contributed by atoms with E-state index in [1.165, 1.54) is 25.0 Å². The molecule has 0 saturated carbocycles. The minimum atomic E-state index is 0.424. The SMILES string of the molecule is CCC(C)NC(N)=NCC1CCCCS1. The van der Waals surface area contributed by atoms with Crippen molar-refractivity contribution in [2.75, 3.05) is 12.3 Å². The number of rotatable bonds is 4. The van der Waals surface area contributed by atoms with Crippen LogP contribution in [0.4, 0.5) is 0 Å². The predicted octanol–water partition coefficient (Wildman–Crippen LogP) is 1.97. The van der Waals surface area contributed by atoms with Gasteiger partial charge in [0, 0.05) is 11.3 Å². The molecule has 88 valence electrons. The molecule has 0 aromatic carbocycles. The second kappa shape index (κ2) is 6.99. The molecule has 3 N–H and O–H groups in total. The maximum atomic E-state index is 5.80. The highest BCUT2D eigenvalue weighted by Crippen LogP contribution is 2.24. The van der Waals surface area contributed by atoms with Gasteiger partial charge in [0.25, 0.3) is 0 Å². The molecule has 0 bridgehead atoms. The van der Waals surface area contributed by atoms with E-state index in [0.717, 1.165) is 13.0 Å². The largest absolute Gasteiger partial charge is 0.370 e. The van der Waals surface area contributed by atoms with Gasteiger partial charge < -0.3 is 11.1 Å². The van der Waals surface area contributed by atoms with Crippen LogP contribution in [-0.4, -0.2) is 29.5 Å². The molecular weight excluding hydrogens is 206 g/mol. The summed E-state index contributed by atoms with van der Waals surface area (Å²) in [6.45, 7) is 5.14. The molecule has 15 heavy (non-hydrogen) atoms. The molecule has 1 aliphatic heterocycles. The fourth-order valence-electron chi connectivity index (χ4n) is 1.55. The smallest absolute Gasteiger partial charge is 0.188 e. The average molecular weight is 229 g/mol. The van der Waals surface area contributed by atoms with Gasteiger partial charge in [-0.2, -0.15) is 11.8 Å². The number of nitrogens with zero attached hydrogens (tertiary/aromatic N) is 1. The highest BCUT2D eigenvalue weighted by molar-refractivity contribution is 7.99. The van der Waals surface area contributed by atoms with Crippen LogP contribution >= 0.6 is 11.8 Å². The van der Waals surface area contributed by atoms with Crippen LogP contribution in [0.1, 0.15) is 39.5 Å². The van der Waals surface area contributed by atoms with Gasteiger partial charge >= 0.3 is 0 Å². The van der Waals surface area contributed by atoms with Crippen molar-refractivity contribution in [3.05, 3.63) is 0 Å². The monoisotopic (exact) mass is 229 g/mol. The van der Waals surface area contributed by atoms with Crippen molar-refractivity contribution in [1.29, 1.82) is 0 Å². The lowest BCUT2D eigenvalue weighted by Gasteiger charge is -2.19. The third-order valence-corrected chi connectivity index (χ3v) is 4.13. The Kier molecular flexibility index (Phi) is 5.91. The number of guanidine groups is 1. The summed E-state index contributed by atoms with van der Waals surface area (Å²) in [5, 5.41) is 3.88. The first-order valence-corrected chi connectivity index (χ1v) is 6.95. The van der Waals surface area contributed by atoms with E-state index in [2.05, 4.69) is 24.2 Å². The van der Waals surface area contributed by atoms with Gasteiger partial charge in [-0.05, 0) is 31.9 Å². The lowest BCUT2D eigenvalue weighted by atomic mass is 10.2. The van der Waals surface area contributed by atoms with Crippen LogP contribution in [0.3, 0.4) is 0 Å². The van der Waals surface area contributed by atoms with E-state index >= 15 is 0 Å². The highest BCUT2D eigenvalue weighted by Gasteiger charge is 2.13. The van der Waals surface area contributed by atoms with Crippen molar-refractivity contribution in [3.8, 4) is 0 Å². The van der Waals surface area contributed by atoms with E-state index in [4.69, 9.17) is 5.73 Å². The van der Waals surface area contributed by atoms with Crippen LogP contribution in [0.2, 0.25) is 0 Å². The molecule has 0 radical (unpaired) electrons. The Labute approximate surface area is 97.3 Å². The molecular formula is C11H23N3S. The molecule has 1 rings (SSSR count). The summed E-state index contributed by atoms with van der Waals surface area (Å²) in [7, 11) is 0. The van der Waals surface area contributed by atoms with Crippen LogP contribution in [-0.2, 0) is 0 Å². The number of thioether (sulfide) groups is 1. The Morgan fingerprint density at radius 2 is 2.40 bits per heavy atom. The zero-order valence-electron chi connectivity index (χ0n) is 9.83. The van der Waals surface area contributed by atoms with E-state index in [1.807, 2.05) is 11.8 Å². The standard InChI is InChI=1S/C11H23N3S/c1-3-9(2)14-11(12)13-8-10-6-4-5-7-15-10/h9-10H,3-8H2,1-2H3,(H3,12,13,14). The zero-order valence-corrected chi connectivity index (χ0v) is 10.6. The number of nitrogens with two attached hydrogens (primary N) is 1. The predicted molar refractivity (Wildman–Crippen MR) is 69.5 cm³/mol. The molecule has 1 saturated heterocycles. The van der Waals surface area contributed by atoms with Crippen molar-refractivity contribution in [1.82, 2.24) is 5.32 Å². The van der Waals surface area contributed by atoms with Gasteiger partial charge in [-0.1, -0.05) is 13.3 Å². The summed E-state index contributed by atoms with van der Waals surface area (Å²) in [4.78, 5) is 4.40. The van der Waals surface area contributed by atoms with Gasteiger partial charge in [-0.25, -0.2) is 0 Å². The molecule has 2 unspecified atom stereocenters. The molecule has 0 aromatic heterocycles. The van der Waals surface area contributed by atoms with Gasteiger partial charge in [0.15, 0.2) is 5.96 Å². The van der Waals surface area contributed by atoms with Gasteiger partial charge in [-0.3, -0.25) is 4.99 Å². The molecule has 0 spiro atoms. The first kappa shape index (κ1) is 12.7. The number of aliphatic imine (C=N–C) groups is 1. The first-order chi connectivity index (χ1) is 7.22. The Morgan fingerprint density at radius 1 is 1.60 bits per heavy atom. The summed E-state index contributed by atoms with van der Waals surface area (Å²) in [5.41, 5.74) is 5.80. The lowest BCUT2D eigenvalue weighted by Crippen LogP contribution is -2.38. The summed E-state index contributed by atoms with van der Waals surface area (Å²) in [6.07, 6.45) is 5.09. The Balaban J connectivity index is 2.22. The lowest BCUT2D eigenvalue weighted by molar-refractivity contribution is 0.631. The zero-order chi connectivity index (χ0) is 11.1. The quantitative estimate of drug-likeness (QED) is 0.572. The molecule has 1 heterocycles. The van der Waals surface area contributed by atoms with Gasteiger partial charge in [0.2, 0.25) is 0 Å². The minimum Gasteiger partial charge on any atom is -0.370 e. The van der Waals surface area contributed by atoms with Crippen LogP contribution in [0.5, 0.6) is 0 Å². The second-order valence-electron chi connectivity index (χ2n) is 4.17. The number of nitrogens with one attached hydrogen (secondary N) is 1. The number of hydrogen-bond donors (Lipinski definition) is 2. The molecule has 0 aliphatic carbocycles. The molecule has 0 aromatic rings. The second-order valence-corrected chi connectivity index (χ2v) is 5.58. The number of hydrogen-bond acceptors (Lipinski definition) is 2. The molecule has 4 heteroatoms. The Hall–Kier alpha value is -0.380. The molecule has 1 aliphatic rings. The maximum absolute atomic E-state index is 5.80. The summed E-state index contributed by atoms with van der Waals surface area (Å²) in [6, 6.07) is 0.424. The van der Waals surface area contributed by atoms with Crippen molar-refractivity contribution < 1.29 is 0 Å². The third-order valence-electron chi connectivity index (χ3n) is 2.75. The van der Waals surface area contributed by atoms with Crippen LogP contribution in [0, 0.1) is 0 Å². The summed E-state index contributed by atoms with van der Waals surface area (Å²) >= 11 is 2.04. The topological polar surface area (TPSA) is 50.4 Å². The molecule has 1 fully saturated rings. The Morgan fingerprint density at radius 3 is 3.00 bits per heavy atom. The van der Waals surface area contributed by atoms with Crippen LogP contribution in [0.15, 0.2) is 4.99 Å². The van der Waals surface area contributed by atoms with E-state index < -0.39 is 0 Å². The average Bonchev–Trinajstić information content (AvgIpc) is 2.27. The van der Waals surface area contributed by atoms with Crippen molar-refractivity contribution in [2.24, 2.45) is 10.7 Å². The van der Waals surface area contributed by atoms with E-state index in [0.29, 0.717) is 17.3 Å². The maximum Gasteiger partial charge on any atom is 0.188 e. The van der Waals surface area contributed by atoms with Crippen LogP contribution in [0.25, 0.3) is 0 Å². The molecule has 0 amide bonds. The fourth-order valence-corrected chi connectivity index (χ4v) is 2.77. The van der Waals surface area contributed by atoms with Gasteiger partial charge in [-0.15, -0.1) is 0 Å². The molecule has 3 nitrogen and oxygen atoms in total. The van der Waals surface area contributed by atoms with Crippen molar-refractivity contribution in [3.63, 3.8) is 0 Å². The molecule has 2 atom stereocenters. The van der Waals surface area contributed by atoms with Gasteiger partial charge in [0.1, 0.15) is 0 Å². The van der Waals surface area contributed by atoms with Crippen molar-refractivity contribution in [2.45, 2.75) is 50.8 Å². The third kappa shape index (κ3) is 5.30. The Bertz CT molecular complexity index is 200. The van der Waals surface area contributed by atoms with E-state index in [1.54, 1.807) is 0 Å². The normalized spacial score (nSPS) is 24.9. The first-order valence-electron chi connectivity index (χ1n) is 5.90. The summed E-state index contributed by atoms with van der Waals surface area (Å²) in [5.74, 6) is 1.90.